The van der Waals surface area contributed by atoms with Crippen molar-refractivity contribution in [2.45, 2.75) is 149 Å². The number of nitrogens with two attached hydrogens (primary N) is 5. The van der Waals surface area contributed by atoms with Crippen LogP contribution in [0, 0.1) is 0 Å². The smallest absolute Gasteiger partial charge is 0.187 e. The van der Waals surface area contributed by atoms with Gasteiger partial charge >= 0.3 is 0 Å². The highest BCUT2D eigenvalue weighted by molar-refractivity contribution is 5.01. The summed E-state index contributed by atoms with van der Waals surface area (Å²) >= 11 is 0. The average Bonchev–Trinajstić information content (AvgIpc) is 3.07. The molecule has 0 aromatic heterocycles. The minimum Gasteiger partial charge on any atom is -0.389 e. The average molecular weight is 716 g/mol. The molecule has 0 unspecified atom stereocenters. The second-order valence-electron chi connectivity index (χ2n) is 13.2. The van der Waals surface area contributed by atoms with Crippen molar-refractivity contribution < 1.29 is 73.6 Å². The van der Waals surface area contributed by atoms with Gasteiger partial charge in [-0.1, -0.05) is 0 Å². The molecule has 20 heteroatoms. The van der Waals surface area contributed by atoms with Crippen molar-refractivity contribution in [2.24, 2.45) is 28.7 Å². The van der Waals surface area contributed by atoms with Crippen molar-refractivity contribution in [1.29, 1.82) is 0 Å². The van der Waals surface area contributed by atoms with Crippen molar-refractivity contribution in [3.63, 3.8) is 0 Å². The van der Waals surface area contributed by atoms with E-state index in [9.17, 15) is 35.7 Å². The van der Waals surface area contributed by atoms with Crippen LogP contribution in [0.3, 0.4) is 0 Å². The van der Waals surface area contributed by atoms with E-state index >= 15 is 0 Å². The number of hydrogen-bond donors (Lipinski definition) is 12. The SMILES string of the molecule is C[C@H]1O[C@@H](OCCCO[C@@H]2[C@@H](O)[C@H](O[C@@H]3[C@@H](O)[C@H](N)C[C@H](N)[C@H]3O[C@H]3O[C@H](CN)[C@@H](O)[C@H](O)[C@H]3N)O[C@H](C)[C@H]2O)[C@H](O)[C@@H](OCCN)[C@@H]1O. The van der Waals surface area contributed by atoms with Gasteiger partial charge in [0.2, 0.25) is 0 Å². The molecule has 49 heavy (non-hydrogen) atoms. The number of aliphatic hydroxyl groups excluding tert-OH is 7. The van der Waals surface area contributed by atoms with Crippen LogP contribution in [0.5, 0.6) is 0 Å². The van der Waals surface area contributed by atoms with Crippen molar-refractivity contribution in [2.75, 3.05) is 32.9 Å². The van der Waals surface area contributed by atoms with Gasteiger partial charge in [-0.05, 0) is 26.7 Å². The lowest BCUT2D eigenvalue weighted by Crippen LogP contribution is -2.69. The predicted molar refractivity (Wildman–Crippen MR) is 166 cm³/mol. The van der Waals surface area contributed by atoms with E-state index in [1.807, 2.05) is 0 Å². The highest BCUT2D eigenvalue weighted by atomic mass is 16.7. The molecule has 0 aromatic rings. The van der Waals surface area contributed by atoms with Crippen LogP contribution in [0.25, 0.3) is 0 Å². The highest BCUT2D eigenvalue weighted by Gasteiger charge is 2.52. The molecule has 3 heterocycles. The number of rotatable bonds is 14. The maximum absolute atomic E-state index is 11.2. The fourth-order valence-electron chi connectivity index (χ4n) is 6.51. The second kappa shape index (κ2) is 18.3. The van der Waals surface area contributed by atoms with E-state index < -0.39 is 122 Å². The Labute approximate surface area is 284 Å². The summed E-state index contributed by atoms with van der Waals surface area (Å²) in [5, 5.41) is 74.7. The Bertz CT molecular complexity index is 996. The standard InChI is InChI=1S/C29H57N5O15/c1-10-16(35)24(43-7-4-30)21(40)28(45-10)44-6-3-5-42-25-17(36)11(2)46-29(22(25)41)49-26-18(37)12(32)8-13(33)23(26)48-27-15(34)20(39)19(38)14(9-31)47-27/h10-29,35-41H,3-9,30-34H2,1-2H3/t10-,11-,12-,13+,14-,15-,16-,17-,18+,19-,20-,21-,22-,23-,24+,25+,26-,27-,28-,29+/m1/s1. The summed E-state index contributed by atoms with van der Waals surface area (Å²) in [6.45, 7) is 3.40. The number of hydrogen-bond acceptors (Lipinski definition) is 20. The molecule has 288 valence electrons. The second-order valence-corrected chi connectivity index (χ2v) is 13.2. The summed E-state index contributed by atoms with van der Waals surface area (Å²) in [4.78, 5) is 0. The zero-order chi connectivity index (χ0) is 36.2. The monoisotopic (exact) mass is 715 g/mol. The molecule has 3 aliphatic heterocycles. The van der Waals surface area contributed by atoms with Crippen molar-refractivity contribution in [3.05, 3.63) is 0 Å². The molecule has 17 N–H and O–H groups in total. The van der Waals surface area contributed by atoms with Gasteiger partial charge in [-0.3, -0.25) is 0 Å². The van der Waals surface area contributed by atoms with E-state index in [-0.39, 0.29) is 45.8 Å². The molecule has 0 bridgehead atoms. The lowest BCUT2D eigenvalue weighted by atomic mass is 9.84. The third kappa shape index (κ3) is 9.42. The highest BCUT2D eigenvalue weighted by Crippen LogP contribution is 2.32. The van der Waals surface area contributed by atoms with E-state index in [1.165, 1.54) is 0 Å². The van der Waals surface area contributed by atoms with Crippen LogP contribution >= 0.6 is 0 Å². The van der Waals surface area contributed by atoms with Crippen LogP contribution in [0.1, 0.15) is 26.7 Å². The Morgan fingerprint density at radius 2 is 1.10 bits per heavy atom. The molecule has 3 saturated heterocycles. The van der Waals surface area contributed by atoms with Gasteiger partial charge in [0.15, 0.2) is 18.9 Å². The van der Waals surface area contributed by atoms with Gasteiger partial charge in [-0.2, -0.15) is 0 Å². The maximum Gasteiger partial charge on any atom is 0.187 e. The largest absolute Gasteiger partial charge is 0.389 e. The van der Waals surface area contributed by atoms with Crippen LogP contribution in [0.4, 0.5) is 0 Å². The Balaban J connectivity index is 1.35. The van der Waals surface area contributed by atoms with E-state index in [2.05, 4.69) is 0 Å². The zero-order valence-electron chi connectivity index (χ0n) is 27.8. The minimum absolute atomic E-state index is 0.00669. The van der Waals surface area contributed by atoms with Crippen LogP contribution in [-0.4, -0.2) is 191 Å². The van der Waals surface area contributed by atoms with E-state index in [4.69, 9.17) is 66.6 Å². The Kier molecular flexibility index (Phi) is 15.3. The molecule has 1 saturated carbocycles. The Hall–Kier alpha value is -0.800. The minimum atomic E-state index is -1.56. The molecule has 1 aliphatic carbocycles. The van der Waals surface area contributed by atoms with Crippen LogP contribution in [0.2, 0.25) is 0 Å². The molecular formula is C29H57N5O15. The molecule has 0 radical (unpaired) electrons. The first-order valence-corrected chi connectivity index (χ1v) is 16.8. The van der Waals surface area contributed by atoms with Gasteiger partial charge in [-0.25, -0.2) is 0 Å². The number of aliphatic hydroxyl groups is 7. The molecule has 4 fully saturated rings. The Morgan fingerprint density at radius 3 is 1.71 bits per heavy atom. The summed E-state index contributed by atoms with van der Waals surface area (Å²) in [6.07, 6.45) is -20.0. The summed E-state index contributed by atoms with van der Waals surface area (Å²) in [7, 11) is 0. The predicted octanol–water partition coefficient (Wildman–Crippen LogP) is -7.02. The maximum atomic E-state index is 11.2. The lowest BCUT2D eigenvalue weighted by molar-refractivity contribution is -0.341. The summed E-state index contributed by atoms with van der Waals surface area (Å²) in [5.41, 5.74) is 29.7. The van der Waals surface area contributed by atoms with E-state index in [0.717, 1.165) is 0 Å². The van der Waals surface area contributed by atoms with Crippen molar-refractivity contribution in [3.8, 4) is 0 Å². The van der Waals surface area contributed by atoms with Crippen LogP contribution in [0.15, 0.2) is 0 Å². The Morgan fingerprint density at radius 1 is 0.551 bits per heavy atom. The van der Waals surface area contributed by atoms with Gasteiger partial charge in [0, 0.05) is 31.8 Å². The first-order valence-electron chi connectivity index (χ1n) is 16.8. The fourth-order valence-corrected chi connectivity index (χ4v) is 6.51. The third-order valence-electron chi connectivity index (χ3n) is 9.50. The van der Waals surface area contributed by atoms with Crippen molar-refractivity contribution >= 4 is 0 Å². The van der Waals surface area contributed by atoms with E-state index in [0.29, 0.717) is 0 Å². The third-order valence-corrected chi connectivity index (χ3v) is 9.50. The summed E-state index contributed by atoms with van der Waals surface area (Å²) in [6, 6.07) is -2.88. The molecule has 20 atom stereocenters. The molecule has 20 nitrogen and oxygen atoms in total. The topological polar surface area (TPSA) is 346 Å². The molecule has 0 spiro atoms. The van der Waals surface area contributed by atoms with Gasteiger partial charge in [0.25, 0.3) is 0 Å². The normalized spacial score (nSPS) is 49.6. The fraction of sp³-hybridized carbons (Fsp3) is 1.00. The molecule has 0 amide bonds. The summed E-state index contributed by atoms with van der Waals surface area (Å²) < 4.78 is 46.2. The number of ether oxygens (including phenoxy) is 8. The molecule has 0 aromatic carbocycles. The quantitative estimate of drug-likeness (QED) is 0.0743. The van der Waals surface area contributed by atoms with E-state index in [1.54, 1.807) is 13.8 Å². The summed E-state index contributed by atoms with van der Waals surface area (Å²) in [5.74, 6) is 0. The van der Waals surface area contributed by atoms with Gasteiger partial charge in [0.05, 0.1) is 37.6 Å². The van der Waals surface area contributed by atoms with Crippen molar-refractivity contribution in [1.82, 2.24) is 0 Å². The van der Waals surface area contributed by atoms with Crippen LogP contribution < -0.4 is 28.7 Å². The lowest BCUT2D eigenvalue weighted by Gasteiger charge is -2.49. The molecule has 4 rings (SSSR count). The van der Waals surface area contributed by atoms with Gasteiger partial charge < -0.3 is 102 Å². The first kappa shape index (κ1) is 41.0. The van der Waals surface area contributed by atoms with Gasteiger partial charge in [-0.15, -0.1) is 0 Å². The zero-order valence-corrected chi connectivity index (χ0v) is 27.8. The van der Waals surface area contributed by atoms with Crippen LogP contribution in [-0.2, 0) is 37.9 Å². The van der Waals surface area contributed by atoms with Gasteiger partial charge in [0.1, 0.15) is 67.1 Å². The molecule has 4 aliphatic rings. The first-order chi connectivity index (χ1) is 23.2. The molecular weight excluding hydrogens is 658 g/mol.